The zero-order valence-corrected chi connectivity index (χ0v) is 10.4. The predicted molar refractivity (Wildman–Crippen MR) is 64.4 cm³/mol. The molecule has 0 bridgehead atoms. The Bertz CT molecular complexity index is 384. The van der Waals surface area contributed by atoms with Crippen molar-refractivity contribution in [3.8, 4) is 0 Å². The number of anilines is 1. The van der Waals surface area contributed by atoms with E-state index < -0.39 is 0 Å². The SMILES string of the molecule is CN1CCC(Nc2ncncc2I)C1=O. The Morgan fingerprint density at radius 1 is 1.67 bits per heavy atom. The summed E-state index contributed by atoms with van der Waals surface area (Å²) in [5.74, 6) is 0.865. The van der Waals surface area contributed by atoms with Crippen molar-refractivity contribution in [3.05, 3.63) is 16.1 Å². The van der Waals surface area contributed by atoms with E-state index in [0.717, 1.165) is 22.4 Å². The molecule has 0 saturated carbocycles. The van der Waals surface area contributed by atoms with E-state index in [1.54, 1.807) is 11.1 Å². The number of hydrogen-bond donors (Lipinski definition) is 1. The average Bonchev–Trinajstić information content (AvgIpc) is 2.53. The molecule has 0 aromatic carbocycles. The third-order valence-corrected chi connectivity index (χ3v) is 3.20. The monoisotopic (exact) mass is 318 g/mol. The number of hydrogen-bond acceptors (Lipinski definition) is 4. The van der Waals surface area contributed by atoms with E-state index in [4.69, 9.17) is 0 Å². The molecule has 1 N–H and O–H groups in total. The number of rotatable bonds is 2. The van der Waals surface area contributed by atoms with Gasteiger partial charge in [0.1, 0.15) is 18.2 Å². The highest BCUT2D eigenvalue weighted by atomic mass is 127. The Morgan fingerprint density at radius 3 is 3.07 bits per heavy atom. The van der Waals surface area contributed by atoms with Crippen LogP contribution in [0, 0.1) is 3.57 Å². The fraction of sp³-hybridized carbons (Fsp3) is 0.444. The van der Waals surface area contributed by atoms with Gasteiger partial charge in [-0.15, -0.1) is 0 Å². The van der Waals surface area contributed by atoms with E-state index in [1.807, 2.05) is 7.05 Å². The lowest BCUT2D eigenvalue weighted by Crippen LogP contribution is -2.31. The van der Waals surface area contributed by atoms with E-state index in [2.05, 4.69) is 37.9 Å². The van der Waals surface area contributed by atoms with Crippen LogP contribution >= 0.6 is 22.6 Å². The number of aromatic nitrogens is 2. The first-order valence-corrected chi connectivity index (χ1v) is 5.73. The molecule has 1 aromatic heterocycles. The van der Waals surface area contributed by atoms with Gasteiger partial charge in [-0.05, 0) is 29.0 Å². The molecule has 0 aliphatic carbocycles. The molecule has 15 heavy (non-hydrogen) atoms. The summed E-state index contributed by atoms with van der Waals surface area (Å²) >= 11 is 2.15. The number of nitrogens with zero attached hydrogens (tertiary/aromatic N) is 3. The topological polar surface area (TPSA) is 58.1 Å². The number of carbonyl (C=O) groups excluding carboxylic acids is 1. The second-order valence-electron chi connectivity index (χ2n) is 3.46. The number of halogens is 1. The molecule has 80 valence electrons. The summed E-state index contributed by atoms with van der Waals surface area (Å²) in [7, 11) is 1.81. The molecule has 1 aliphatic rings. The van der Waals surface area contributed by atoms with Gasteiger partial charge >= 0.3 is 0 Å². The molecule has 0 spiro atoms. The highest BCUT2D eigenvalue weighted by Gasteiger charge is 2.29. The Labute approximate surface area is 101 Å². The molecule has 2 rings (SSSR count). The van der Waals surface area contributed by atoms with Crippen LogP contribution in [0.4, 0.5) is 5.82 Å². The van der Waals surface area contributed by atoms with Crippen LogP contribution in [0.15, 0.2) is 12.5 Å². The van der Waals surface area contributed by atoms with Gasteiger partial charge in [0.05, 0.1) is 3.57 Å². The van der Waals surface area contributed by atoms with Gasteiger partial charge in [0.15, 0.2) is 0 Å². The maximum absolute atomic E-state index is 11.6. The van der Waals surface area contributed by atoms with Crippen molar-refractivity contribution in [2.75, 3.05) is 18.9 Å². The molecule has 1 aliphatic heterocycles. The van der Waals surface area contributed by atoms with Crippen LogP contribution in [-0.2, 0) is 4.79 Å². The van der Waals surface area contributed by atoms with Crippen LogP contribution in [0.25, 0.3) is 0 Å². The van der Waals surface area contributed by atoms with Crippen LogP contribution < -0.4 is 5.32 Å². The minimum absolute atomic E-state index is 0.129. The third-order valence-electron chi connectivity index (χ3n) is 2.41. The Kier molecular flexibility index (Phi) is 3.03. The van der Waals surface area contributed by atoms with E-state index in [0.29, 0.717) is 0 Å². The van der Waals surface area contributed by atoms with Gasteiger partial charge in [-0.25, -0.2) is 9.97 Å². The maximum Gasteiger partial charge on any atom is 0.244 e. The normalized spacial score (nSPS) is 20.8. The third kappa shape index (κ3) is 2.19. The quantitative estimate of drug-likeness (QED) is 0.817. The van der Waals surface area contributed by atoms with Crippen molar-refractivity contribution in [3.63, 3.8) is 0 Å². The van der Waals surface area contributed by atoms with Gasteiger partial charge in [-0.1, -0.05) is 0 Å². The minimum Gasteiger partial charge on any atom is -0.357 e. The van der Waals surface area contributed by atoms with Crippen molar-refractivity contribution >= 4 is 34.3 Å². The summed E-state index contributed by atoms with van der Waals surface area (Å²) in [5, 5.41) is 3.14. The van der Waals surface area contributed by atoms with Crippen molar-refractivity contribution in [2.45, 2.75) is 12.5 Å². The standard InChI is InChI=1S/C9H11IN4O/c1-14-3-2-7(9(14)15)13-8-6(10)4-11-5-12-8/h4-5,7H,2-3H2,1H3,(H,11,12,13). The summed E-state index contributed by atoms with van der Waals surface area (Å²) in [6, 6.07) is -0.140. The molecule has 1 amide bonds. The van der Waals surface area contributed by atoms with Gasteiger partial charge < -0.3 is 10.2 Å². The molecule has 6 heteroatoms. The van der Waals surface area contributed by atoms with E-state index in [-0.39, 0.29) is 11.9 Å². The number of likely N-dealkylation sites (tertiary alicyclic amines) is 1. The fourth-order valence-corrected chi connectivity index (χ4v) is 2.00. The van der Waals surface area contributed by atoms with Crippen LogP contribution in [0.3, 0.4) is 0 Å². The molecule has 1 fully saturated rings. The van der Waals surface area contributed by atoms with Gasteiger partial charge in [0.25, 0.3) is 0 Å². The Morgan fingerprint density at radius 2 is 2.47 bits per heavy atom. The molecular weight excluding hydrogens is 307 g/mol. The molecule has 1 atom stereocenters. The largest absolute Gasteiger partial charge is 0.357 e. The highest BCUT2D eigenvalue weighted by molar-refractivity contribution is 14.1. The van der Waals surface area contributed by atoms with Crippen LogP contribution in [0.1, 0.15) is 6.42 Å². The lowest BCUT2D eigenvalue weighted by Gasteiger charge is -2.13. The van der Waals surface area contributed by atoms with Gasteiger partial charge in [-0.3, -0.25) is 4.79 Å². The molecule has 1 unspecified atom stereocenters. The number of likely N-dealkylation sites (N-methyl/N-ethyl adjacent to an activating group) is 1. The maximum atomic E-state index is 11.6. The molecular formula is C9H11IN4O. The van der Waals surface area contributed by atoms with Gasteiger partial charge in [0.2, 0.25) is 5.91 Å². The van der Waals surface area contributed by atoms with Crippen molar-refractivity contribution in [2.24, 2.45) is 0 Å². The van der Waals surface area contributed by atoms with Crippen LogP contribution in [-0.4, -0.2) is 40.4 Å². The lowest BCUT2D eigenvalue weighted by molar-refractivity contribution is -0.127. The smallest absolute Gasteiger partial charge is 0.244 e. The Balaban J connectivity index is 2.10. The summed E-state index contributed by atoms with van der Waals surface area (Å²) in [5.41, 5.74) is 0. The van der Waals surface area contributed by atoms with Crippen molar-refractivity contribution < 1.29 is 4.79 Å². The fourth-order valence-electron chi connectivity index (χ4n) is 1.54. The van der Waals surface area contributed by atoms with E-state index >= 15 is 0 Å². The second kappa shape index (κ2) is 4.30. The minimum atomic E-state index is -0.140. The van der Waals surface area contributed by atoms with Gasteiger partial charge in [-0.2, -0.15) is 0 Å². The summed E-state index contributed by atoms with van der Waals surface area (Å²) in [6.45, 7) is 0.804. The number of nitrogens with one attached hydrogen (secondary N) is 1. The molecule has 1 saturated heterocycles. The molecule has 1 aromatic rings. The average molecular weight is 318 g/mol. The Hall–Kier alpha value is -0.920. The summed E-state index contributed by atoms with van der Waals surface area (Å²) in [4.78, 5) is 21.4. The lowest BCUT2D eigenvalue weighted by atomic mass is 10.2. The zero-order chi connectivity index (χ0) is 10.8. The first-order valence-electron chi connectivity index (χ1n) is 4.65. The van der Waals surface area contributed by atoms with Crippen molar-refractivity contribution in [1.29, 1.82) is 0 Å². The predicted octanol–water partition coefficient (Wildman–Crippen LogP) is 0.724. The highest BCUT2D eigenvalue weighted by Crippen LogP contribution is 2.18. The van der Waals surface area contributed by atoms with Crippen LogP contribution in [0.2, 0.25) is 0 Å². The van der Waals surface area contributed by atoms with Crippen molar-refractivity contribution in [1.82, 2.24) is 14.9 Å². The second-order valence-corrected chi connectivity index (χ2v) is 4.63. The zero-order valence-electron chi connectivity index (χ0n) is 8.27. The molecule has 2 heterocycles. The number of carbonyl (C=O) groups is 1. The molecule has 5 nitrogen and oxygen atoms in total. The van der Waals surface area contributed by atoms with E-state index in [9.17, 15) is 4.79 Å². The van der Waals surface area contributed by atoms with Gasteiger partial charge in [0, 0.05) is 19.8 Å². The summed E-state index contributed by atoms with van der Waals surface area (Å²) < 4.78 is 0.928. The first kappa shape index (κ1) is 10.6. The summed E-state index contributed by atoms with van der Waals surface area (Å²) in [6.07, 6.45) is 4.03. The van der Waals surface area contributed by atoms with Crippen LogP contribution in [0.5, 0.6) is 0 Å². The molecule has 0 radical (unpaired) electrons. The van der Waals surface area contributed by atoms with E-state index in [1.165, 1.54) is 6.33 Å². The number of amides is 1. The first-order chi connectivity index (χ1) is 7.18.